The summed E-state index contributed by atoms with van der Waals surface area (Å²) in [5, 5.41) is 25.2. The standard InChI is InChI=1S/C19H27F3N4O5/c1-25-6-8-26(9-7-25)16-14(30-15(11-27)17(16)28)10-23-18(29)24-12-2-4-13(5-3-12)31-19(20,21)22/h2-5,14-17,27-28H,6-11H2,1H3,(H2,23,24,29). The Morgan fingerprint density at radius 3 is 2.42 bits per heavy atom. The molecular formula is C19H27F3N4O5. The predicted molar refractivity (Wildman–Crippen MR) is 105 cm³/mol. The van der Waals surface area contributed by atoms with Crippen molar-refractivity contribution in [3.8, 4) is 5.75 Å². The van der Waals surface area contributed by atoms with Crippen molar-refractivity contribution >= 4 is 11.7 Å². The molecule has 0 radical (unpaired) electrons. The van der Waals surface area contributed by atoms with Crippen LogP contribution in [0.4, 0.5) is 23.7 Å². The summed E-state index contributed by atoms with van der Waals surface area (Å²) in [5.74, 6) is -0.392. The molecule has 2 saturated heterocycles. The number of halogens is 3. The molecule has 0 aromatic heterocycles. The lowest BCUT2D eigenvalue weighted by Gasteiger charge is -2.39. The van der Waals surface area contributed by atoms with Gasteiger partial charge in [0.2, 0.25) is 0 Å². The Morgan fingerprint density at radius 2 is 1.84 bits per heavy atom. The third-order valence-electron chi connectivity index (χ3n) is 5.41. The highest BCUT2D eigenvalue weighted by atomic mass is 19.4. The molecule has 174 valence electrons. The number of hydrogen-bond donors (Lipinski definition) is 4. The smallest absolute Gasteiger partial charge is 0.406 e. The topological polar surface area (TPSA) is 107 Å². The maximum absolute atomic E-state index is 12.2. The zero-order valence-electron chi connectivity index (χ0n) is 17.0. The second-order valence-electron chi connectivity index (χ2n) is 7.62. The number of aliphatic hydroxyl groups excluding tert-OH is 2. The summed E-state index contributed by atoms with van der Waals surface area (Å²) >= 11 is 0. The molecule has 2 aliphatic rings. The van der Waals surface area contributed by atoms with Gasteiger partial charge in [0.1, 0.15) is 18.0 Å². The molecule has 2 aliphatic heterocycles. The van der Waals surface area contributed by atoms with Crippen LogP contribution < -0.4 is 15.4 Å². The summed E-state index contributed by atoms with van der Waals surface area (Å²) in [7, 11) is 2.01. The molecule has 1 aromatic rings. The molecule has 0 aliphatic carbocycles. The fourth-order valence-electron chi connectivity index (χ4n) is 3.82. The summed E-state index contributed by atoms with van der Waals surface area (Å²) < 4.78 is 46.2. The van der Waals surface area contributed by atoms with Gasteiger partial charge in [0.05, 0.1) is 18.8 Å². The molecule has 3 rings (SSSR count). The number of carbonyl (C=O) groups is 1. The van der Waals surface area contributed by atoms with Gasteiger partial charge in [0, 0.05) is 38.4 Å². The van der Waals surface area contributed by atoms with Crippen LogP contribution in [0.5, 0.6) is 5.75 Å². The first kappa shape index (κ1) is 23.5. The molecule has 9 nitrogen and oxygen atoms in total. The number of amides is 2. The Hall–Kier alpha value is -2.12. The Kier molecular flexibility index (Phi) is 7.59. The van der Waals surface area contributed by atoms with Crippen LogP contribution >= 0.6 is 0 Å². The van der Waals surface area contributed by atoms with E-state index in [1.54, 1.807) is 0 Å². The fourth-order valence-corrected chi connectivity index (χ4v) is 3.82. The number of aliphatic hydroxyl groups is 2. The summed E-state index contributed by atoms with van der Waals surface area (Å²) in [6.45, 7) is 2.89. The first-order valence-corrected chi connectivity index (χ1v) is 9.94. The molecule has 4 N–H and O–H groups in total. The predicted octanol–water partition coefficient (Wildman–Crippen LogP) is 0.443. The van der Waals surface area contributed by atoms with Crippen molar-refractivity contribution in [2.24, 2.45) is 0 Å². The number of urea groups is 1. The second-order valence-corrected chi connectivity index (χ2v) is 7.62. The van der Waals surface area contributed by atoms with Crippen LogP contribution in [0.25, 0.3) is 0 Å². The number of rotatable bonds is 6. The van der Waals surface area contributed by atoms with E-state index in [9.17, 15) is 28.2 Å². The van der Waals surface area contributed by atoms with Crippen LogP contribution in [0.2, 0.25) is 0 Å². The number of hydrogen-bond acceptors (Lipinski definition) is 7. The van der Waals surface area contributed by atoms with Gasteiger partial charge < -0.3 is 35.2 Å². The lowest BCUT2D eigenvalue weighted by Crippen LogP contribution is -2.57. The molecule has 0 bridgehead atoms. The molecule has 1 aromatic carbocycles. The Balaban J connectivity index is 1.54. The van der Waals surface area contributed by atoms with E-state index >= 15 is 0 Å². The number of likely N-dealkylation sites (N-methyl/N-ethyl adjacent to an activating group) is 1. The minimum absolute atomic E-state index is 0.0890. The molecule has 0 saturated carbocycles. The zero-order valence-corrected chi connectivity index (χ0v) is 17.0. The van der Waals surface area contributed by atoms with Gasteiger partial charge in [-0.3, -0.25) is 4.90 Å². The van der Waals surface area contributed by atoms with E-state index in [2.05, 4.69) is 25.2 Å². The summed E-state index contributed by atoms with van der Waals surface area (Å²) in [5.41, 5.74) is 0.281. The van der Waals surface area contributed by atoms with Gasteiger partial charge in [0.25, 0.3) is 0 Å². The maximum atomic E-state index is 12.2. The molecular weight excluding hydrogens is 421 g/mol. The van der Waals surface area contributed by atoms with Crippen LogP contribution in [0.15, 0.2) is 24.3 Å². The summed E-state index contributed by atoms with van der Waals surface area (Å²) in [4.78, 5) is 16.5. The molecule has 2 heterocycles. The van der Waals surface area contributed by atoms with Gasteiger partial charge in [-0.25, -0.2) is 4.79 Å². The van der Waals surface area contributed by atoms with Gasteiger partial charge in [-0.15, -0.1) is 13.2 Å². The van der Waals surface area contributed by atoms with Crippen LogP contribution in [0.1, 0.15) is 0 Å². The van der Waals surface area contributed by atoms with Crippen molar-refractivity contribution < 1.29 is 37.7 Å². The monoisotopic (exact) mass is 448 g/mol. The van der Waals surface area contributed by atoms with Crippen LogP contribution in [0.3, 0.4) is 0 Å². The van der Waals surface area contributed by atoms with Gasteiger partial charge >= 0.3 is 12.4 Å². The number of anilines is 1. The number of benzene rings is 1. The van der Waals surface area contributed by atoms with E-state index in [1.165, 1.54) is 12.1 Å². The SMILES string of the molecule is CN1CCN(C2C(CNC(=O)Nc3ccc(OC(F)(F)F)cc3)OC(CO)C2O)CC1. The van der Waals surface area contributed by atoms with Crippen LogP contribution in [-0.4, -0.2) is 103 Å². The summed E-state index contributed by atoms with van der Waals surface area (Å²) in [6.07, 6.45) is -6.93. The minimum Gasteiger partial charge on any atom is -0.406 e. The molecule has 2 fully saturated rings. The van der Waals surface area contributed by atoms with E-state index in [0.717, 1.165) is 38.3 Å². The lowest BCUT2D eigenvalue weighted by molar-refractivity contribution is -0.274. The number of alkyl halides is 3. The Morgan fingerprint density at radius 1 is 1.19 bits per heavy atom. The summed E-state index contributed by atoms with van der Waals surface area (Å²) in [6, 6.07) is 3.80. The highest BCUT2D eigenvalue weighted by Gasteiger charge is 2.46. The molecule has 31 heavy (non-hydrogen) atoms. The second kappa shape index (κ2) is 10.0. The quantitative estimate of drug-likeness (QED) is 0.501. The van der Waals surface area contributed by atoms with Crippen molar-refractivity contribution in [1.82, 2.24) is 15.1 Å². The Bertz CT molecular complexity index is 728. The first-order valence-electron chi connectivity index (χ1n) is 9.94. The van der Waals surface area contributed by atoms with Crippen molar-refractivity contribution in [2.75, 3.05) is 51.7 Å². The number of nitrogens with zero attached hydrogens (tertiary/aromatic N) is 2. The highest BCUT2D eigenvalue weighted by Crippen LogP contribution is 2.27. The van der Waals surface area contributed by atoms with E-state index in [-0.39, 0.29) is 24.9 Å². The molecule has 0 spiro atoms. The normalized spacial score (nSPS) is 27.8. The van der Waals surface area contributed by atoms with Gasteiger partial charge in [-0.1, -0.05) is 0 Å². The van der Waals surface area contributed by atoms with Crippen LogP contribution in [-0.2, 0) is 4.74 Å². The highest BCUT2D eigenvalue weighted by molar-refractivity contribution is 5.89. The van der Waals surface area contributed by atoms with Crippen molar-refractivity contribution in [1.29, 1.82) is 0 Å². The van der Waals surface area contributed by atoms with Gasteiger partial charge in [-0.2, -0.15) is 0 Å². The zero-order chi connectivity index (χ0) is 22.6. The number of ether oxygens (including phenoxy) is 2. The van der Waals surface area contributed by atoms with Crippen molar-refractivity contribution in [3.05, 3.63) is 24.3 Å². The third kappa shape index (κ3) is 6.43. The average Bonchev–Trinajstić information content (AvgIpc) is 3.03. The lowest BCUT2D eigenvalue weighted by atomic mass is 10.0. The molecule has 4 unspecified atom stereocenters. The Labute approximate surface area is 177 Å². The molecule has 2 amide bonds. The van der Waals surface area contributed by atoms with E-state index in [0.29, 0.717) is 0 Å². The van der Waals surface area contributed by atoms with E-state index < -0.39 is 36.5 Å². The first-order chi connectivity index (χ1) is 14.7. The maximum Gasteiger partial charge on any atom is 0.573 e. The average molecular weight is 448 g/mol. The number of piperazine rings is 1. The van der Waals surface area contributed by atoms with Crippen LogP contribution in [0, 0.1) is 0 Å². The van der Waals surface area contributed by atoms with E-state index in [1.807, 2.05) is 7.05 Å². The number of carbonyl (C=O) groups excluding carboxylic acids is 1. The minimum atomic E-state index is -4.79. The van der Waals surface area contributed by atoms with E-state index in [4.69, 9.17) is 4.74 Å². The largest absolute Gasteiger partial charge is 0.573 e. The molecule has 12 heteroatoms. The van der Waals surface area contributed by atoms with Gasteiger partial charge in [0.15, 0.2) is 0 Å². The molecule has 4 atom stereocenters. The van der Waals surface area contributed by atoms with Gasteiger partial charge in [-0.05, 0) is 31.3 Å². The van der Waals surface area contributed by atoms with Crippen molar-refractivity contribution in [2.45, 2.75) is 30.7 Å². The third-order valence-corrected chi connectivity index (χ3v) is 5.41. The van der Waals surface area contributed by atoms with Crippen molar-refractivity contribution in [3.63, 3.8) is 0 Å². The number of nitrogens with one attached hydrogen (secondary N) is 2. The fraction of sp³-hybridized carbons (Fsp3) is 0.632.